The smallest absolute Gasteiger partial charge is 0.138 e. The van der Waals surface area contributed by atoms with Gasteiger partial charge in [-0.05, 0) is 36.3 Å². The molecule has 0 radical (unpaired) electrons. The topological polar surface area (TPSA) is 29.5 Å². The fraction of sp³-hybridized carbons (Fsp3) is 0.176. The summed E-state index contributed by atoms with van der Waals surface area (Å²) in [6.45, 7) is 2.15. The van der Waals surface area contributed by atoms with Crippen molar-refractivity contribution in [2.45, 2.75) is 13.0 Å². The number of aliphatic hydroxyl groups is 1. The SMILES string of the molecule is C[C@H](O)c1ccc(OC/C=C/c2ccccc2)c(Cl)c1. The van der Waals surface area contributed by atoms with Gasteiger partial charge in [0, 0.05) is 0 Å². The van der Waals surface area contributed by atoms with E-state index in [-0.39, 0.29) is 0 Å². The molecule has 0 unspecified atom stereocenters. The summed E-state index contributed by atoms with van der Waals surface area (Å²) in [5.41, 5.74) is 1.91. The summed E-state index contributed by atoms with van der Waals surface area (Å²) in [7, 11) is 0. The molecule has 0 spiro atoms. The highest BCUT2D eigenvalue weighted by Gasteiger charge is 2.05. The molecule has 1 N–H and O–H groups in total. The van der Waals surface area contributed by atoms with Gasteiger partial charge in [-0.15, -0.1) is 0 Å². The minimum Gasteiger partial charge on any atom is -0.488 e. The molecule has 2 aromatic rings. The normalized spacial score (nSPS) is 12.6. The molecular formula is C17H17ClO2. The third-order valence-electron chi connectivity index (χ3n) is 2.88. The molecule has 0 aliphatic heterocycles. The van der Waals surface area contributed by atoms with Crippen LogP contribution in [0, 0.1) is 0 Å². The standard InChI is InChI=1S/C17H17ClO2/c1-13(19)15-9-10-17(16(18)12-15)20-11-5-8-14-6-3-2-4-7-14/h2-10,12-13,19H,11H2,1H3/b8-5+/t13-/m0/s1. The van der Waals surface area contributed by atoms with Crippen LogP contribution in [0.4, 0.5) is 0 Å². The molecule has 0 aliphatic carbocycles. The van der Waals surface area contributed by atoms with Crippen molar-refractivity contribution in [3.63, 3.8) is 0 Å². The van der Waals surface area contributed by atoms with Crippen LogP contribution in [0.5, 0.6) is 5.75 Å². The van der Waals surface area contributed by atoms with E-state index in [1.165, 1.54) is 0 Å². The second-order valence-electron chi connectivity index (χ2n) is 4.49. The van der Waals surface area contributed by atoms with Crippen LogP contribution in [0.1, 0.15) is 24.2 Å². The Morgan fingerprint density at radius 3 is 2.60 bits per heavy atom. The van der Waals surface area contributed by atoms with Crippen molar-refractivity contribution in [2.75, 3.05) is 6.61 Å². The maximum absolute atomic E-state index is 9.47. The number of benzene rings is 2. The van der Waals surface area contributed by atoms with Gasteiger partial charge in [-0.2, -0.15) is 0 Å². The summed E-state index contributed by atoms with van der Waals surface area (Å²) in [6, 6.07) is 15.3. The van der Waals surface area contributed by atoms with Crippen molar-refractivity contribution < 1.29 is 9.84 Å². The number of halogens is 1. The Kier molecular flexibility index (Phi) is 5.22. The Labute approximate surface area is 124 Å². The quantitative estimate of drug-likeness (QED) is 0.878. The van der Waals surface area contributed by atoms with Crippen molar-refractivity contribution in [3.8, 4) is 5.75 Å². The number of rotatable bonds is 5. The van der Waals surface area contributed by atoms with Gasteiger partial charge in [-0.25, -0.2) is 0 Å². The summed E-state index contributed by atoms with van der Waals surface area (Å²) in [4.78, 5) is 0. The van der Waals surface area contributed by atoms with Crippen LogP contribution in [0.2, 0.25) is 5.02 Å². The van der Waals surface area contributed by atoms with E-state index in [2.05, 4.69) is 0 Å². The molecule has 20 heavy (non-hydrogen) atoms. The van der Waals surface area contributed by atoms with Crippen LogP contribution in [0.3, 0.4) is 0 Å². The maximum Gasteiger partial charge on any atom is 0.138 e. The van der Waals surface area contributed by atoms with Crippen molar-refractivity contribution in [3.05, 3.63) is 70.8 Å². The van der Waals surface area contributed by atoms with Crippen LogP contribution < -0.4 is 4.74 Å². The number of hydrogen-bond acceptors (Lipinski definition) is 2. The van der Waals surface area contributed by atoms with Crippen molar-refractivity contribution in [2.24, 2.45) is 0 Å². The van der Waals surface area contributed by atoms with E-state index in [1.807, 2.05) is 48.6 Å². The second kappa shape index (κ2) is 7.13. The summed E-state index contributed by atoms with van der Waals surface area (Å²) >= 11 is 6.11. The van der Waals surface area contributed by atoms with Crippen LogP contribution in [0.15, 0.2) is 54.6 Å². The van der Waals surface area contributed by atoms with Crippen LogP contribution in [-0.2, 0) is 0 Å². The van der Waals surface area contributed by atoms with Gasteiger partial charge in [-0.3, -0.25) is 0 Å². The predicted octanol–water partition coefficient (Wildman–Crippen LogP) is 4.49. The fourth-order valence-electron chi connectivity index (χ4n) is 1.78. The van der Waals surface area contributed by atoms with Gasteiger partial charge in [0.1, 0.15) is 12.4 Å². The molecule has 0 aliphatic rings. The van der Waals surface area contributed by atoms with Crippen molar-refractivity contribution in [1.82, 2.24) is 0 Å². The van der Waals surface area contributed by atoms with E-state index in [4.69, 9.17) is 16.3 Å². The van der Waals surface area contributed by atoms with Gasteiger partial charge in [0.25, 0.3) is 0 Å². The number of hydrogen-bond donors (Lipinski definition) is 1. The van der Waals surface area contributed by atoms with Gasteiger partial charge >= 0.3 is 0 Å². The minimum absolute atomic E-state index is 0.447. The van der Waals surface area contributed by atoms with Crippen LogP contribution >= 0.6 is 11.6 Å². The molecule has 0 bridgehead atoms. The molecule has 0 amide bonds. The zero-order valence-corrected chi connectivity index (χ0v) is 12.0. The van der Waals surface area contributed by atoms with Gasteiger partial charge in [0.2, 0.25) is 0 Å². The highest BCUT2D eigenvalue weighted by Crippen LogP contribution is 2.27. The first-order chi connectivity index (χ1) is 9.66. The Morgan fingerprint density at radius 1 is 1.20 bits per heavy atom. The summed E-state index contributed by atoms with van der Waals surface area (Å²) in [6.07, 6.45) is 3.41. The molecule has 0 saturated carbocycles. The molecule has 2 aromatic carbocycles. The average Bonchev–Trinajstić information content (AvgIpc) is 2.46. The van der Waals surface area contributed by atoms with E-state index in [0.29, 0.717) is 17.4 Å². The first kappa shape index (κ1) is 14.6. The fourth-order valence-corrected chi connectivity index (χ4v) is 2.02. The Bertz CT molecular complexity index is 577. The Balaban J connectivity index is 1.93. The molecule has 0 saturated heterocycles. The zero-order valence-electron chi connectivity index (χ0n) is 11.3. The predicted molar refractivity (Wildman–Crippen MR) is 83.1 cm³/mol. The lowest BCUT2D eigenvalue weighted by atomic mass is 10.1. The zero-order chi connectivity index (χ0) is 14.4. The van der Waals surface area contributed by atoms with Crippen LogP contribution in [0.25, 0.3) is 6.08 Å². The largest absolute Gasteiger partial charge is 0.488 e. The molecule has 3 heteroatoms. The lowest BCUT2D eigenvalue weighted by molar-refractivity contribution is 0.199. The lowest BCUT2D eigenvalue weighted by Gasteiger charge is -2.09. The molecule has 2 nitrogen and oxygen atoms in total. The molecule has 104 valence electrons. The highest BCUT2D eigenvalue weighted by atomic mass is 35.5. The van der Waals surface area contributed by atoms with Crippen LogP contribution in [-0.4, -0.2) is 11.7 Å². The summed E-state index contributed by atoms with van der Waals surface area (Å²) in [5.74, 6) is 0.619. The molecule has 0 heterocycles. The molecule has 2 rings (SSSR count). The Morgan fingerprint density at radius 2 is 1.95 bits per heavy atom. The van der Waals surface area contributed by atoms with Crippen molar-refractivity contribution >= 4 is 17.7 Å². The molecule has 0 fully saturated rings. The first-order valence-electron chi connectivity index (χ1n) is 6.48. The molecular weight excluding hydrogens is 272 g/mol. The number of aliphatic hydroxyl groups excluding tert-OH is 1. The van der Waals surface area contributed by atoms with Gasteiger partial charge < -0.3 is 9.84 Å². The van der Waals surface area contributed by atoms with E-state index in [0.717, 1.165) is 11.1 Å². The molecule has 0 aromatic heterocycles. The maximum atomic E-state index is 9.47. The Hall–Kier alpha value is -1.77. The summed E-state index contributed by atoms with van der Waals surface area (Å²) in [5, 5.41) is 9.98. The second-order valence-corrected chi connectivity index (χ2v) is 4.90. The van der Waals surface area contributed by atoms with E-state index in [1.54, 1.807) is 19.1 Å². The lowest BCUT2D eigenvalue weighted by Crippen LogP contribution is -1.96. The highest BCUT2D eigenvalue weighted by molar-refractivity contribution is 6.32. The molecule has 1 atom stereocenters. The van der Waals surface area contributed by atoms with Gasteiger partial charge in [-0.1, -0.05) is 54.1 Å². The third kappa shape index (κ3) is 4.12. The van der Waals surface area contributed by atoms with E-state index in [9.17, 15) is 5.11 Å². The third-order valence-corrected chi connectivity index (χ3v) is 3.18. The van der Waals surface area contributed by atoms with E-state index < -0.39 is 6.10 Å². The minimum atomic E-state index is -0.528. The average molecular weight is 289 g/mol. The number of ether oxygens (including phenoxy) is 1. The van der Waals surface area contributed by atoms with Gasteiger partial charge in [0.05, 0.1) is 11.1 Å². The first-order valence-corrected chi connectivity index (χ1v) is 6.86. The van der Waals surface area contributed by atoms with E-state index >= 15 is 0 Å². The van der Waals surface area contributed by atoms with Gasteiger partial charge in [0.15, 0.2) is 0 Å². The monoisotopic (exact) mass is 288 g/mol. The summed E-state index contributed by atoms with van der Waals surface area (Å²) < 4.78 is 5.59. The van der Waals surface area contributed by atoms with Crippen molar-refractivity contribution in [1.29, 1.82) is 0 Å².